The zero-order valence-electron chi connectivity index (χ0n) is 29.8. The van der Waals surface area contributed by atoms with Gasteiger partial charge >= 0.3 is 0 Å². The molecule has 0 spiro atoms. The molecule has 0 unspecified atom stereocenters. The topological polar surface area (TPSA) is 235 Å². The molecule has 17 nitrogen and oxygen atoms in total. The lowest BCUT2D eigenvalue weighted by Crippen LogP contribution is -2.34. The van der Waals surface area contributed by atoms with Crippen molar-refractivity contribution in [1.82, 2.24) is 38.9 Å². The molecule has 20 heteroatoms. The Balaban J connectivity index is 0.000000211. The highest BCUT2D eigenvalue weighted by atomic mass is 35.5. The molecule has 8 N–H and O–H groups in total. The van der Waals surface area contributed by atoms with Crippen LogP contribution in [0.1, 0.15) is 55.6 Å². The Hall–Kier alpha value is -5.50. The molecular weight excluding hydrogens is 752 g/mol. The monoisotopic (exact) mass is 792 g/mol. The third-order valence-electron chi connectivity index (χ3n) is 8.53. The van der Waals surface area contributed by atoms with Crippen LogP contribution >= 0.6 is 35.5 Å². The lowest BCUT2D eigenvalue weighted by Gasteiger charge is -2.25. The van der Waals surface area contributed by atoms with Crippen molar-refractivity contribution in [3.8, 4) is 0 Å². The number of anilines is 6. The first kappa shape index (κ1) is 39.7. The second-order valence-corrected chi connectivity index (χ2v) is 14.1. The van der Waals surface area contributed by atoms with Crippen molar-refractivity contribution in [2.45, 2.75) is 38.8 Å². The molecular formula is C34H41ClN14O3S2. The van der Waals surface area contributed by atoms with Gasteiger partial charge in [0.2, 0.25) is 0 Å². The summed E-state index contributed by atoms with van der Waals surface area (Å²) >= 11 is 2.56. The van der Waals surface area contributed by atoms with E-state index in [-0.39, 0.29) is 41.6 Å². The van der Waals surface area contributed by atoms with E-state index in [1.54, 1.807) is 6.20 Å². The van der Waals surface area contributed by atoms with E-state index in [1.807, 2.05) is 68.3 Å². The predicted octanol–water partition coefficient (Wildman–Crippen LogP) is 3.71. The van der Waals surface area contributed by atoms with E-state index in [0.29, 0.717) is 42.1 Å². The molecule has 0 radical (unpaired) electrons. The highest BCUT2D eigenvalue weighted by Gasteiger charge is 2.28. The smallest absolute Gasteiger partial charge is 0.271 e. The maximum atomic E-state index is 12.6. The first-order chi connectivity index (χ1) is 25.5. The molecule has 7 rings (SSSR count). The molecule has 3 amide bonds. The second-order valence-electron chi connectivity index (χ2n) is 12.5. The van der Waals surface area contributed by atoms with Crippen LogP contribution in [0.25, 0.3) is 0 Å². The minimum Gasteiger partial charge on any atom is -0.364 e. The van der Waals surface area contributed by atoms with Crippen LogP contribution in [-0.2, 0) is 0 Å². The Kier molecular flexibility index (Phi) is 13.2. The van der Waals surface area contributed by atoms with Gasteiger partial charge in [0.15, 0.2) is 23.0 Å². The SMILES string of the molecule is Cc1cc(Nc2nc(N(C)[C@@H]3CCNC3)cnc2C(N)=O)sn1.Cc1cc(Nc2nc(N[C@@H]3CCN(C(=O)c4ccccc4)C3)cnc2C(N)=O)sn1.Cl. The van der Waals surface area contributed by atoms with Crippen molar-refractivity contribution in [3.63, 3.8) is 0 Å². The van der Waals surface area contributed by atoms with Gasteiger partial charge in [-0.05, 0) is 80.6 Å². The number of benzene rings is 1. The Bertz CT molecular complexity index is 2080. The summed E-state index contributed by atoms with van der Waals surface area (Å²) in [6, 6.07) is 13.4. The number of hydrogen-bond acceptors (Lipinski definition) is 16. The number of carbonyl (C=O) groups excluding carboxylic acids is 3. The van der Waals surface area contributed by atoms with Gasteiger partial charge in [-0.1, -0.05) is 18.2 Å². The lowest BCUT2D eigenvalue weighted by atomic mass is 10.2. The molecule has 2 fully saturated rings. The molecule has 2 aliphatic rings. The van der Waals surface area contributed by atoms with Crippen LogP contribution in [-0.4, -0.2) is 96.6 Å². The summed E-state index contributed by atoms with van der Waals surface area (Å²) in [5.74, 6) is 0.562. The molecule has 54 heavy (non-hydrogen) atoms. The summed E-state index contributed by atoms with van der Waals surface area (Å²) in [6.07, 6.45) is 4.90. The Morgan fingerprint density at radius 1 is 0.889 bits per heavy atom. The molecule has 6 heterocycles. The number of nitrogens with zero attached hydrogens (tertiary/aromatic N) is 8. The maximum absolute atomic E-state index is 12.6. The standard InChI is InChI=1S/C20H21N7O2S.C14H19N7OS.ClH/c1-12-9-16(30-26-12)25-19-17(18(21)28)22-10-15(24-19)23-14-7-8-27(11-14)20(29)13-5-3-2-4-6-13;1-8-5-11(23-20-8)19-14-12(13(15)22)17-7-10(18-14)21(2)9-3-4-16-6-9;/h2-6,9-10,14H,7-8,11H2,1H3,(H2,21,28)(H2,23,24,25);5,7,9,16H,3-4,6H2,1-2H3,(H2,15,22)(H,18,19);1H/t14-;9-;/m11./s1. The number of aryl methyl sites for hydroxylation is 2. The molecule has 0 bridgehead atoms. The van der Waals surface area contributed by atoms with Gasteiger partial charge in [0.1, 0.15) is 21.6 Å². The number of halogens is 1. The molecule has 1 aromatic carbocycles. The van der Waals surface area contributed by atoms with E-state index in [1.165, 1.54) is 29.3 Å². The van der Waals surface area contributed by atoms with Crippen LogP contribution in [0.3, 0.4) is 0 Å². The van der Waals surface area contributed by atoms with Crippen LogP contribution < -0.4 is 37.6 Å². The highest BCUT2D eigenvalue weighted by molar-refractivity contribution is 7.10. The average molecular weight is 793 g/mol. The normalized spacial score (nSPS) is 16.1. The maximum Gasteiger partial charge on any atom is 0.271 e. The third kappa shape index (κ3) is 9.92. The fraction of sp³-hybridized carbons (Fsp3) is 0.324. The molecule has 0 saturated carbocycles. The van der Waals surface area contributed by atoms with E-state index < -0.39 is 11.8 Å². The van der Waals surface area contributed by atoms with Gasteiger partial charge in [-0.2, -0.15) is 8.75 Å². The number of hydrogen-bond donors (Lipinski definition) is 6. The van der Waals surface area contributed by atoms with Gasteiger partial charge in [-0.25, -0.2) is 19.9 Å². The molecule has 4 aromatic heterocycles. The van der Waals surface area contributed by atoms with E-state index in [0.717, 1.165) is 47.3 Å². The summed E-state index contributed by atoms with van der Waals surface area (Å²) in [5.41, 5.74) is 13.5. The lowest BCUT2D eigenvalue weighted by molar-refractivity contribution is 0.0791. The first-order valence-corrected chi connectivity index (χ1v) is 18.4. The number of carbonyl (C=O) groups is 3. The number of primary amides is 2. The van der Waals surface area contributed by atoms with Crippen LogP contribution in [0.2, 0.25) is 0 Å². The second kappa shape index (κ2) is 18.0. The number of aromatic nitrogens is 6. The Morgan fingerprint density at radius 2 is 1.50 bits per heavy atom. The number of likely N-dealkylation sites (tertiary alicyclic amines) is 1. The predicted molar refractivity (Wildman–Crippen MR) is 213 cm³/mol. The summed E-state index contributed by atoms with van der Waals surface area (Å²) in [6.45, 7) is 6.90. The summed E-state index contributed by atoms with van der Waals surface area (Å²) in [4.78, 5) is 57.2. The molecule has 284 valence electrons. The summed E-state index contributed by atoms with van der Waals surface area (Å²) in [5, 5.41) is 14.3. The van der Waals surface area contributed by atoms with Crippen molar-refractivity contribution < 1.29 is 14.4 Å². The largest absolute Gasteiger partial charge is 0.364 e. The van der Waals surface area contributed by atoms with Gasteiger partial charge < -0.3 is 42.5 Å². The zero-order chi connectivity index (χ0) is 37.5. The van der Waals surface area contributed by atoms with Gasteiger partial charge in [0, 0.05) is 44.3 Å². The van der Waals surface area contributed by atoms with Crippen molar-refractivity contribution in [2.75, 3.05) is 54.1 Å². The number of amides is 3. The molecule has 2 saturated heterocycles. The number of rotatable bonds is 11. The van der Waals surface area contributed by atoms with Crippen molar-refractivity contribution in [2.24, 2.45) is 11.5 Å². The average Bonchev–Trinajstić information content (AvgIpc) is 3.98. The Morgan fingerprint density at radius 3 is 2.06 bits per heavy atom. The van der Waals surface area contributed by atoms with Crippen LogP contribution in [0.5, 0.6) is 0 Å². The van der Waals surface area contributed by atoms with Gasteiger partial charge in [-0.3, -0.25) is 14.4 Å². The van der Waals surface area contributed by atoms with E-state index in [9.17, 15) is 14.4 Å². The minimum absolute atomic E-state index is 0. The van der Waals surface area contributed by atoms with Gasteiger partial charge in [0.05, 0.1) is 23.8 Å². The highest BCUT2D eigenvalue weighted by Crippen LogP contribution is 2.26. The summed E-state index contributed by atoms with van der Waals surface area (Å²) < 4.78 is 8.41. The summed E-state index contributed by atoms with van der Waals surface area (Å²) in [7, 11) is 1.98. The fourth-order valence-electron chi connectivity index (χ4n) is 5.81. The van der Waals surface area contributed by atoms with Crippen LogP contribution in [0.15, 0.2) is 54.9 Å². The van der Waals surface area contributed by atoms with Crippen molar-refractivity contribution in [3.05, 3.63) is 83.2 Å². The first-order valence-electron chi connectivity index (χ1n) is 16.8. The van der Waals surface area contributed by atoms with Crippen LogP contribution in [0.4, 0.5) is 33.3 Å². The third-order valence-corrected chi connectivity index (χ3v) is 10.1. The molecule has 0 aliphatic carbocycles. The zero-order valence-corrected chi connectivity index (χ0v) is 32.2. The molecule has 2 aliphatic heterocycles. The fourth-order valence-corrected chi connectivity index (χ4v) is 7.13. The van der Waals surface area contributed by atoms with Crippen LogP contribution in [0, 0.1) is 13.8 Å². The van der Waals surface area contributed by atoms with E-state index in [4.69, 9.17) is 11.5 Å². The molecule has 2 atom stereocenters. The van der Waals surface area contributed by atoms with E-state index >= 15 is 0 Å². The van der Waals surface area contributed by atoms with Crippen molar-refractivity contribution in [1.29, 1.82) is 0 Å². The Labute approximate surface area is 326 Å². The number of likely N-dealkylation sites (N-methyl/N-ethyl adjacent to an activating group) is 1. The van der Waals surface area contributed by atoms with Gasteiger partial charge in [-0.15, -0.1) is 12.4 Å². The number of nitrogens with two attached hydrogens (primary N) is 2. The van der Waals surface area contributed by atoms with E-state index in [2.05, 4.69) is 54.9 Å². The quantitative estimate of drug-likeness (QED) is 0.112. The minimum atomic E-state index is -0.668. The van der Waals surface area contributed by atoms with Crippen molar-refractivity contribution >= 4 is 86.5 Å². The van der Waals surface area contributed by atoms with Gasteiger partial charge in [0.25, 0.3) is 17.7 Å². The number of nitrogens with one attached hydrogen (secondary N) is 4. The molecule has 5 aromatic rings.